The summed E-state index contributed by atoms with van der Waals surface area (Å²) in [5, 5.41) is 5.26. The topological polar surface area (TPSA) is 126 Å². The van der Waals surface area contributed by atoms with Crippen LogP contribution < -0.4 is 15.4 Å². The van der Waals surface area contributed by atoms with Crippen molar-refractivity contribution in [2.45, 2.75) is 13.1 Å². The van der Waals surface area contributed by atoms with Crippen molar-refractivity contribution in [1.82, 2.24) is 25.0 Å². The molecule has 0 saturated heterocycles. The van der Waals surface area contributed by atoms with E-state index in [9.17, 15) is 26.4 Å². The lowest BCUT2D eigenvalue weighted by Crippen LogP contribution is -2.33. The van der Waals surface area contributed by atoms with Gasteiger partial charge in [-0.3, -0.25) is 9.78 Å². The zero-order chi connectivity index (χ0) is 24.9. The minimum absolute atomic E-state index is 0.0735. The van der Waals surface area contributed by atoms with Crippen LogP contribution in [-0.2, 0) is 16.2 Å². The molecule has 0 bridgehead atoms. The number of carbonyl (C=O) groups excluding carboxylic acids is 1. The van der Waals surface area contributed by atoms with Crippen LogP contribution in [0.15, 0.2) is 48.8 Å². The molecule has 3 N–H and O–H groups in total. The van der Waals surface area contributed by atoms with Crippen molar-refractivity contribution >= 4 is 27.6 Å². The summed E-state index contributed by atoms with van der Waals surface area (Å²) in [6.45, 7) is 1.74. The normalized spacial score (nSPS) is 11.8. The third-order valence-corrected chi connectivity index (χ3v) is 5.94. The van der Waals surface area contributed by atoms with E-state index in [-0.39, 0.29) is 23.9 Å². The monoisotopic (exact) mass is 494 g/mol. The fraction of sp³-hybridized carbons (Fsp3) is 0.238. The number of benzene rings is 1. The summed E-state index contributed by atoms with van der Waals surface area (Å²) in [4.78, 5) is 23.6. The smallest absolute Gasteiger partial charge is 0.350 e. The van der Waals surface area contributed by atoms with E-state index in [0.717, 1.165) is 17.8 Å². The minimum atomic E-state index is -4.59. The number of nitrogens with one attached hydrogen (secondary N) is 3. The Kier molecular flexibility index (Phi) is 7.47. The number of anilines is 2. The Morgan fingerprint density at radius 2 is 1.82 bits per heavy atom. The number of rotatable bonds is 8. The van der Waals surface area contributed by atoms with Crippen LogP contribution in [0.3, 0.4) is 0 Å². The Bertz CT molecular complexity index is 1280. The Morgan fingerprint density at radius 3 is 2.47 bits per heavy atom. The van der Waals surface area contributed by atoms with Crippen molar-refractivity contribution in [2.75, 3.05) is 24.7 Å². The molecular weight excluding hydrogens is 473 g/mol. The van der Waals surface area contributed by atoms with Gasteiger partial charge in [-0.2, -0.15) is 13.2 Å². The summed E-state index contributed by atoms with van der Waals surface area (Å²) >= 11 is 0. The van der Waals surface area contributed by atoms with E-state index in [4.69, 9.17) is 0 Å². The van der Waals surface area contributed by atoms with Gasteiger partial charge < -0.3 is 10.6 Å². The molecular formula is C21H21F3N6O3S. The van der Waals surface area contributed by atoms with Crippen LogP contribution in [0.2, 0.25) is 0 Å². The molecule has 13 heteroatoms. The van der Waals surface area contributed by atoms with E-state index in [2.05, 4.69) is 30.3 Å². The average Bonchev–Trinajstić information content (AvgIpc) is 2.78. The second kappa shape index (κ2) is 10.1. The largest absolute Gasteiger partial charge is 0.433 e. The first-order valence-corrected chi connectivity index (χ1v) is 11.6. The molecule has 0 fully saturated rings. The number of pyridine rings is 1. The van der Waals surface area contributed by atoms with E-state index in [1.807, 2.05) is 13.0 Å². The maximum absolute atomic E-state index is 12.9. The number of alkyl halides is 3. The number of aryl methyl sites for hydroxylation is 1. The number of amides is 1. The molecule has 0 unspecified atom stereocenters. The zero-order valence-electron chi connectivity index (χ0n) is 18.1. The molecule has 1 aromatic carbocycles. The van der Waals surface area contributed by atoms with Crippen LogP contribution in [0.5, 0.6) is 0 Å². The van der Waals surface area contributed by atoms with Crippen LogP contribution in [0.1, 0.15) is 21.7 Å². The van der Waals surface area contributed by atoms with Gasteiger partial charge in [0.15, 0.2) is 0 Å². The molecule has 2 heterocycles. The number of aromatic nitrogens is 3. The molecule has 0 aliphatic heterocycles. The van der Waals surface area contributed by atoms with Crippen molar-refractivity contribution in [2.24, 2.45) is 0 Å². The highest BCUT2D eigenvalue weighted by Gasteiger charge is 2.32. The molecule has 0 atom stereocenters. The van der Waals surface area contributed by atoms with Gasteiger partial charge in [-0.15, -0.1) is 0 Å². The van der Waals surface area contributed by atoms with Crippen LogP contribution in [-0.4, -0.2) is 48.6 Å². The second-order valence-corrected chi connectivity index (χ2v) is 9.23. The van der Waals surface area contributed by atoms with Crippen LogP contribution >= 0.6 is 0 Å². The molecule has 1 amide bonds. The summed E-state index contributed by atoms with van der Waals surface area (Å²) < 4.78 is 63.7. The summed E-state index contributed by atoms with van der Waals surface area (Å²) in [7, 11) is -2.15. The lowest BCUT2D eigenvalue weighted by atomic mass is 10.0. The van der Waals surface area contributed by atoms with E-state index < -0.39 is 27.8 Å². The standard InChI is InChI=1S/C21H21F3N6O3S/c1-13-9-15(11-16(10-13)29-20-27-6-5-18(30-20)21(22,23)24)14-3-4-17(28-12-14)19(31)26-7-8-34(32,33)25-2/h3-6,9-12,25H,7-8H2,1-2H3,(H,26,31)(H,27,29,30). The summed E-state index contributed by atoms with van der Waals surface area (Å²) in [5.74, 6) is -0.981. The fourth-order valence-corrected chi connectivity index (χ4v) is 3.49. The molecule has 34 heavy (non-hydrogen) atoms. The number of hydrogen-bond acceptors (Lipinski definition) is 7. The lowest BCUT2D eigenvalue weighted by Gasteiger charge is -2.11. The Balaban J connectivity index is 1.74. The highest BCUT2D eigenvalue weighted by Crippen LogP contribution is 2.29. The van der Waals surface area contributed by atoms with Gasteiger partial charge in [0.2, 0.25) is 16.0 Å². The SMILES string of the molecule is CNS(=O)(=O)CCNC(=O)c1ccc(-c2cc(C)cc(Nc3nccc(C(F)(F)F)n3)c2)cn1. The van der Waals surface area contributed by atoms with Crippen LogP contribution in [0.25, 0.3) is 11.1 Å². The molecule has 3 aromatic rings. The van der Waals surface area contributed by atoms with Crippen molar-refractivity contribution in [1.29, 1.82) is 0 Å². The number of nitrogens with zero attached hydrogens (tertiary/aromatic N) is 3. The Labute approximate surface area is 193 Å². The van der Waals surface area contributed by atoms with Crippen molar-refractivity contribution in [3.63, 3.8) is 0 Å². The first-order valence-electron chi connectivity index (χ1n) is 9.91. The zero-order valence-corrected chi connectivity index (χ0v) is 19.0. The molecule has 180 valence electrons. The first-order chi connectivity index (χ1) is 16.0. The third-order valence-electron chi connectivity index (χ3n) is 4.58. The van der Waals surface area contributed by atoms with Gasteiger partial charge in [-0.25, -0.2) is 23.1 Å². The molecule has 9 nitrogen and oxygen atoms in total. The lowest BCUT2D eigenvalue weighted by molar-refractivity contribution is -0.141. The Hall–Kier alpha value is -3.58. The predicted octanol–water partition coefficient (Wildman–Crippen LogP) is 2.89. The molecule has 0 saturated carbocycles. The van der Waals surface area contributed by atoms with Gasteiger partial charge in [0, 0.05) is 30.2 Å². The number of hydrogen-bond donors (Lipinski definition) is 3. The molecule has 0 aliphatic carbocycles. The molecule has 0 radical (unpaired) electrons. The number of halogens is 3. The third kappa shape index (κ3) is 6.71. The van der Waals surface area contributed by atoms with Crippen LogP contribution in [0, 0.1) is 6.92 Å². The van der Waals surface area contributed by atoms with E-state index >= 15 is 0 Å². The van der Waals surface area contributed by atoms with Crippen molar-refractivity contribution in [3.05, 3.63) is 65.7 Å². The predicted molar refractivity (Wildman–Crippen MR) is 120 cm³/mol. The maximum atomic E-state index is 12.9. The highest BCUT2D eigenvalue weighted by molar-refractivity contribution is 7.89. The number of carbonyl (C=O) groups is 1. The Morgan fingerprint density at radius 1 is 1.06 bits per heavy atom. The highest BCUT2D eigenvalue weighted by atomic mass is 32.2. The molecule has 0 spiro atoms. The summed E-state index contributed by atoms with van der Waals surface area (Å²) in [6, 6.07) is 9.19. The van der Waals surface area contributed by atoms with Gasteiger partial charge in [-0.05, 0) is 49.4 Å². The van der Waals surface area contributed by atoms with Crippen LogP contribution in [0.4, 0.5) is 24.8 Å². The first kappa shape index (κ1) is 25.1. The molecule has 0 aliphatic rings. The fourth-order valence-electron chi connectivity index (χ4n) is 2.92. The van der Waals surface area contributed by atoms with Gasteiger partial charge in [0.1, 0.15) is 11.4 Å². The van der Waals surface area contributed by atoms with Gasteiger partial charge in [0.25, 0.3) is 5.91 Å². The molecule has 3 rings (SSSR count). The second-order valence-electron chi connectivity index (χ2n) is 7.19. The van der Waals surface area contributed by atoms with E-state index in [1.54, 1.807) is 18.2 Å². The summed E-state index contributed by atoms with van der Waals surface area (Å²) in [6.07, 6.45) is -2.09. The van der Waals surface area contributed by atoms with Crippen molar-refractivity contribution < 1.29 is 26.4 Å². The maximum Gasteiger partial charge on any atom is 0.433 e. The average molecular weight is 494 g/mol. The minimum Gasteiger partial charge on any atom is -0.350 e. The molecule has 2 aromatic heterocycles. The van der Waals surface area contributed by atoms with E-state index in [0.29, 0.717) is 16.8 Å². The number of sulfonamides is 1. The summed E-state index contributed by atoms with van der Waals surface area (Å²) in [5.41, 5.74) is 1.70. The van der Waals surface area contributed by atoms with E-state index in [1.165, 1.54) is 19.3 Å². The van der Waals surface area contributed by atoms with Crippen molar-refractivity contribution in [3.8, 4) is 11.1 Å². The van der Waals surface area contributed by atoms with Gasteiger partial charge >= 0.3 is 6.18 Å². The quantitative estimate of drug-likeness (QED) is 0.440. The van der Waals surface area contributed by atoms with Gasteiger partial charge in [-0.1, -0.05) is 12.1 Å². The van der Waals surface area contributed by atoms with Gasteiger partial charge in [0.05, 0.1) is 5.75 Å².